The lowest BCUT2D eigenvalue weighted by atomic mass is 10.1. The van der Waals surface area contributed by atoms with Gasteiger partial charge in [0.2, 0.25) is 0 Å². The Labute approximate surface area is 388 Å². The lowest BCUT2D eigenvalue weighted by molar-refractivity contribution is -0.167. The van der Waals surface area contributed by atoms with Gasteiger partial charge in [-0.15, -0.1) is 0 Å². The maximum atomic E-state index is 12.8. The van der Waals surface area contributed by atoms with Crippen LogP contribution >= 0.6 is 0 Å². The predicted molar refractivity (Wildman–Crippen MR) is 270 cm³/mol. The first kappa shape index (κ1) is 59.6. The quantitative estimate of drug-likeness (QED) is 0.0199. The maximum Gasteiger partial charge on any atom is 0.306 e. The standard InChI is InChI=1S/C57H96O6/c1-4-7-10-13-16-19-22-24-26-28-30-31-33-35-38-41-44-47-50-56(59)62-53-54(52-61-55(58)49-46-43-40-37-21-18-15-12-9-6-3)63-57(60)51-48-45-42-39-36-34-32-29-27-25-23-20-17-14-11-8-5-2/h15,18,22,24-28,30-32,34,39,42,54H,4-14,16-17,19-21,23,29,33,35-38,40-41,43-53H2,1-3H3/b18-15-,24-22-,27-25-,28-26-,31-30-,34-32-,42-39-. The topological polar surface area (TPSA) is 78.9 Å². The largest absolute Gasteiger partial charge is 0.462 e. The van der Waals surface area contributed by atoms with E-state index < -0.39 is 6.10 Å². The van der Waals surface area contributed by atoms with Gasteiger partial charge in [0.1, 0.15) is 13.2 Å². The average Bonchev–Trinajstić information content (AvgIpc) is 3.28. The minimum absolute atomic E-state index is 0.110. The zero-order valence-electron chi connectivity index (χ0n) is 41.1. The fraction of sp³-hybridized carbons (Fsp3) is 0.702. The average molecular weight is 877 g/mol. The molecule has 0 fully saturated rings. The Morgan fingerprint density at radius 2 is 0.667 bits per heavy atom. The molecule has 6 nitrogen and oxygen atoms in total. The van der Waals surface area contributed by atoms with Crippen molar-refractivity contribution in [2.75, 3.05) is 13.2 Å². The Morgan fingerprint density at radius 3 is 1.13 bits per heavy atom. The van der Waals surface area contributed by atoms with Crippen molar-refractivity contribution in [1.29, 1.82) is 0 Å². The van der Waals surface area contributed by atoms with Crippen molar-refractivity contribution in [1.82, 2.24) is 0 Å². The van der Waals surface area contributed by atoms with Gasteiger partial charge in [-0.2, -0.15) is 0 Å². The Kier molecular flexibility index (Phi) is 48.5. The van der Waals surface area contributed by atoms with Crippen LogP contribution in [0.1, 0.15) is 239 Å². The van der Waals surface area contributed by atoms with E-state index in [1.807, 2.05) is 0 Å². The van der Waals surface area contributed by atoms with Crippen LogP contribution in [0.15, 0.2) is 85.1 Å². The van der Waals surface area contributed by atoms with Crippen molar-refractivity contribution >= 4 is 17.9 Å². The molecule has 360 valence electrons. The summed E-state index contributed by atoms with van der Waals surface area (Å²) in [6.45, 7) is 6.49. The highest BCUT2D eigenvalue weighted by Gasteiger charge is 2.19. The molecule has 0 aliphatic rings. The summed E-state index contributed by atoms with van der Waals surface area (Å²) in [7, 11) is 0. The van der Waals surface area contributed by atoms with Crippen molar-refractivity contribution in [3.05, 3.63) is 85.1 Å². The molecular weight excluding hydrogens is 781 g/mol. The lowest BCUT2D eigenvalue weighted by Crippen LogP contribution is -2.30. The van der Waals surface area contributed by atoms with E-state index in [9.17, 15) is 14.4 Å². The molecule has 0 aromatic carbocycles. The second kappa shape index (κ2) is 51.2. The van der Waals surface area contributed by atoms with Crippen molar-refractivity contribution in [2.45, 2.75) is 245 Å². The van der Waals surface area contributed by atoms with E-state index in [1.165, 1.54) is 89.9 Å². The summed E-state index contributed by atoms with van der Waals surface area (Å²) in [6.07, 6.45) is 65.7. The third-order valence-corrected chi connectivity index (χ3v) is 10.9. The van der Waals surface area contributed by atoms with Crippen LogP contribution in [0.25, 0.3) is 0 Å². The number of carbonyl (C=O) groups is 3. The monoisotopic (exact) mass is 877 g/mol. The molecule has 1 atom stereocenters. The second-order valence-electron chi connectivity index (χ2n) is 17.1. The number of unbranched alkanes of at least 4 members (excludes halogenated alkanes) is 23. The number of esters is 3. The van der Waals surface area contributed by atoms with Gasteiger partial charge in [0, 0.05) is 19.3 Å². The molecule has 0 aromatic heterocycles. The Hall–Kier alpha value is -3.41. The molecule has 0 radical (unpaired) electrons. The van der Waals surface area contributed by atoms with Crippen LogP contribution in [0.2, 0.25) is 0 Å². The molecule has 0 N–H and O–H groups in total. The molecule has 0 heterocycles. The Balaban J connectivity index is 4.48. The highest BCUT2D eigenvalue weighted by atomic mass is 16.6. The molecule has 0 spiro atoms. The highest BCUT2D eigenvalue weighted by molar-refractivity contribution is 5.71. The zero-order valence-corrected chi connectivity index (χ0v) is 41.1. The lowest BCUT2D eigenvalue weighted by Gasteiger charge is -2.18. The van der Waals surface area contributed by atoms with E-state index in [2.05, 4.69) is 106 Å². The molecule has 1 unspecified atom stereocenters. The minimum Gasteiger partial charge on any atom is -0.462 e. The van der Waals surface area contributed by atoms with Crippen LogP contribution in [0.5, 0.6) is 0 Å². The molecule has 0 saturated carbocycles. The number of ether oxygens (including phenoxy) is 3. The first-order chi connectivity index (χ1) is 31.0. The van der Waals surface area contributed by atoms with Crippen molar-refractivity contribution in [3.8, 4) is 0 Å². The molecule has 0 rings (SSSR count). The Bertz CT molecular complexity index is 1240. The highest BCUT2D eigenvalue weighted by Crippen LogP contribution is 2.12. The van der Waals surface area contributed by atoms with Gasteiger partial charge in [-0.1, -0.05) is 209 Å². The molecule has 0 aliphatic heterocycles. The van der Waals surface area contributed by atoms with Crippen molar-refractivity contribution in [3.63, 3.8) is 0 Å². The fourth-order valence-electron chi connectivity index (χ4n) is 6.91. The van der Waals surface area contributed by atoms with Crippen LogP contribution < -0.4 is 0 Å². The summed E-state index contributed by atoms with van der Waals surface area (Å²) in [4.78, 5) is 37.9. The molecule has 0 aliphatic carbocycles. The summed E-state index contributed by atoms with van der Waals surface area (Å²) >= 11 is 0. The van der Waals surface area contributed by atoms with Crippen molar-refractivity contribution < 1.29 is 28.6 Å². The first-order valence-corrected chi connectivity index (χ1v) is 26.1. The van der Waals surface area contributed by atoms with Gasteiger partial charge >= 0.3 is 17.9 Å². The summed E-state index contributed by atoms with van der Waals surface area (Å²) in [5, 5.41) is 0. The molecule has 0 amide bonds. The molecule has 0 aromatic rings. The molecule has 0 bridgehead atoms. The second-order valence-corrected chi connectivity index (χ2v) is 17.1. The third-order valence-electron chi connectivity index (χ3n) is 10.9. The minimum atomic E-state index is -0.815. The van der Waals surface area contributed by atoms with E-state index in [0.717, 1.165) is 103 Å². The van der Waals surface area contributed by atoms with Crippen molar-refractivity contribution in [2.24, 2.45) is 0 Å². The van der Waals surface area contributed by atoms with Crippen LogP contribution in [0, 0.1) is 0 Å². The predicted octanol–water partition coefficient (Wildman–Crippen LogP) is 17.2. The number of carbonyl (C=O) groups excluding carboxylic acids is 3. The van der Waals surface area contributed by atoms with Gasteiger partial charge in [0.15, 0.2) is 6.10 Å². The number of hydrogen-bond acceptors (Lipinski definition) is 6. The summed E-state index contributed by atoms with van der Waals surface area (Å²) in [5.74, 6) is -0.998. The van der Waals surface area contributed by atoms with Gasteiger partial charge < -0.3 is 14.2 Å². The van der Waals surface area contributed by atoms with Crippen LogP contribution in [-0.4, -0.2) is 37.2 Å². The summed E-state index contributed by atoms with van der Waals surface area (Å²) in [6, 6.07) is 0. The Morgan fingerprint density at radius 1 is 0.333 bits per heavy atom. The van der Waals surface area contributed by atoms with Gasteiger partial charge in [-0.05, 0) is 96.3 Å². The number of hydrogen-bond donors (Lipinski definition) is 0. The fourth-order valence-corrected chi connectivity index (χ4v) is 6.91. The van der Waals surface area contributed by atoms with Crippen LogP contribution in [-0.2, 0) is 28.6 Å². The van der Waals surface area contributed by atoms with E-state index in [-0.39, 0.29) is 37.5 Å². The molecule has 6 heteroatoms. The van der Waals surface area contributed by atoms with Gasteiger partial charge in [-0.25, -0.2) is 0 Å². The van der Waals surface area contributed by atoms with Crippen LogP contribution in [0.3, 0.4) is 0 Å². The summed E-state index contributed by atoms with van der Waals surface area (Å²) in [5.41, 5.74) is 0. The van der Waals surface area contributed by atoms with Gasteiger partial charge in [0.05, 0.1) is 0 Å². The van der Waals surface area contributed by atoms with E-state index in [1.54, 1.807) is 0 Å². The molecular formula is C57H96O6. The molecule has 0 saturated heterocycles. The van der Waals surface area contributed by atoms with Gasteiger partial charge in [-0.3, -0.25) is 14.4 Å². The summed E-state index contributed by atoms with van der Waals surface area (Å²) < 4.78 is 16.7. The smallest absolute Gasteiger partial charge is 0.306 e. The van der Waals surface area contributed by atoms with Gasteiger partial charge in [0.25, 0.3) is 0 Å². The zero-order chi connectivity index (χ0) is 45.8. The molecule has 63 heavy (non-hydrogen) atoms. The van der Waals surface area contributed by atoms with Crippen LogP contribution in [0.4, 0.5) is 0 Å². The van der Waals surface area contributed by atoms with E-state index in [0.29, 0.717) is 19.3 Å². The number of rotatable bonds is 46. The SMILES string of the molecule is CCCC/C=C\CCCCCCC(=O)OCC(COC(=O)CCCCCCC\C=C/C=C\C=C/CCCCCCC)OC(=O)CCC/C=C\C/C=C\C/C=C\CCCCCCCC. The van der Waals surface area contributed by atoms with E-state index >= 15 is 0 Å². The van der Waals surface area contributed by atoms with E-state index in [4.69, 9.17) is 14.2 Å². The number of allylic oxidation sites excluding steroid dienone is 14. The first-order valence-electron chi connectivity index (χ1n) is 26.1. The normalized spacial score (nSPS) is 12.7. The maximum absolute atomic E-state index is 12.8. The third kappa shape index (κ3) is 49.5.